The maximum atomic E-state index is 10.6. The molecular formula is C12H17NO2S. The van der Waals surface area contributed by atoms with Crippen LogP contribution in [0.2, 0.25) is 0 Å². The molecular weight excluding hydrogens is 222 g/mol. The molecule has 0 spiro atoms. The Hall–Kier alpha value is -1.16. The van der Waals surface area contributed by atoms with Gasteiger partial charge in [-0.2, -0.15) is 11.8 Å². The third kappa shape index (κ3) is 4.14. The van der Waals surface area contributed by atoms with Crippen molar-refractivity contribution in [3.63, 3.8) is 0 Å². The minimum Gasteiger partial charge on any atom is -0.478 e. The topological polar surface area (TPSA) is 49.3 Å². The summed E-state index contributed by atoms with van der Waals surface area (Å²) in [5.41, 5.74) is 1.29. The van der Waals surface area contributed by atoms with Gasteiger partial charge in [0.25, 0.3) is 0 Å². The molecule has 0 aliphatic carbocycles. The van der Waals surface area contributed by atoms with Gasteiger partial charge in [0.1, 0.15) is 0 Å². The molecule has 0 aliphatic rings. The summed E-state index contributed by atoms with van der Waals surface area (Å²) in [5.74, 6) is 0.844. The van der Waals surface area contributed by atoms with E-state index in [9.17, 15) is 4.79 Å². The van der Waals surface area contributed by atoms with Crippen LogP contribution in [-0.2, 0) is 0 Å². The van der Waals surface area contributed by atoms with Gasteiger partial charge in [0.2, 0.25) is 0 Å². The van der Waals surface area contributed by atoms with E-state index < -0.39 is 5.97 Å². The number of rotatable bonds is 6. The van der Waals surface area contributed by atoms with Gasteiger partial charge in [-0.1, -0.05) is 6.92 Å². The van der Waals surface area contributed by atoms with Gasteiger partial charge in [-0.05, 0) is 42.2 Å². The highest BCUT2D eigenvalue weighted by Crippen LogP contribution is 2.11. The second-order valence-electron chi connectivity index (χ2n) is 3.82. The predicted molar refractivity (Wildman–Crippen MR) is 69.4 cm³/mol. The normalized spacial score (nSPS) is 12.1. The van der Waals surface area contributed by atoms with Gasteiger partial charge in [0.15, 0.2) is 0 Å². The highest BCUT2D eigenvalue weighted by Gasteiger charge is 2.03. The molecule has 0 radical (unpaired) electrons. The first-order valence-electron chi connectivity index (χ1n) is 5.19. The number of carbonyl (C=O) groups is 1. The average Bonchev–Trinajstić information content (AvgIpc) is 2.27. The van der Waals surface area contributed by atoms with Gasteiger partial charge in [-0.3, -0.25) is 0 Å². The number of aromatic carboxylic acids is 1. The van der Waals surface area contributed by atoms with Crippen LogP contribution < -0.4 is 5.32 Å². The lowest BCUT2D eigenvalue weighted by atomic mass is 10.2. The Morgan fingerprint density at radius 1 is 1.44 bits per heavy atom. The summed E-state index contributed by atoms with van der Waals surface area (Å²) in [7, 11) is 0. The van der Waals surface area contributed by atoms with Crippen LogP contribution in [0.1, 0.15) is 17.3 Å². The molecule has 1 aromatic rings. The van der Waals surface area contributed by atoms with Gasteiger partial charge in [0.05, 0.1) is 5.56 Å². The lowest BCUT2D eigenvalue weighted by Crippen LogP contribution is -2.13. The number of benzene rings is 1. The van der Waals surface area contributed by atoms with Crippen molar-refractivity contribution >= 4 is 23.4 Å². The molecule has 0 aliphatic heterocycles. The van der Waals surface area contributed by atoms with Crippen LogP contribution in [0.3, 0.4) is 0 Å². The van der Waals surface area contributed by atoms with E-state index in [0.29, 0.717) is 11.5 Å². The second kappa shape index (κ2) is 6.43. The molecule has 2 N–H and O–H groups in total. The van der Waals surface area contributed by atoms with Crippen molar-refractivity contribution < 1.29 is 9.90 Å². The third-order valence-electron chi connectivity index (χ3n) is 2.24. The minimum atomic E-state index is -0.887. The number of hydrogen-bond acceptors (Lipinski definition) is 3. The van der Waals surface area contributed by atoms with E-state index in [0.717, 1.165) is 18.0 Å². The molecule has 4 heteroatoms. The predicted octanol–water partition coefficient (Wildman–Crippen LogP) is 2.80. The van der Waals surface area contributed by atoms with Crippen molar-refractivity contribution in [3.05, 3.63) is 29.8 Å². The van der Waals surface area contributed by atoms with Gasteiger partial charge < -0.3 is 10.4 Å². The first-order valence-corrected chi connectivity index (χ1v) is 6.59. The highest BCUT2D eigenvalue weighted by molar-refractivity contribution is 7.98. The van der Waals surface area contributed by atoms with E-state index in [4.69, 9.17) is 5.11 Å². The first kappa shape index (κ1) is 12.9. The standard InChI is InChI=1S/C12H17NO2S/c1-9(8-16-2)7-13-11-5-3-10(4-6-11)12(14)15/h3-6,9,13H,7-8H2,1-2H3,(H,14,15). The molecule has 0 amide bonds. The molecule has 1 aromatic carbocycles. The molecule has 1 atom stereocenters. The zero-order valence-corrected chi connectivity index (χ0v) is 10.4. The van der Waals surface area contributed by atoms with Crippen molar-refractivity contribution in [2.75, 3.05) is 23.9 Å². The van der Waals surface area contributed by atoms with Crippen LogP contribution in [0.5, 0.6) is 0 Å². The van der Waals surface area contributed by atoms with E-state index >= 15 is 0 Å². The molecule has 0 bridgehead atoms. The van der Waals surface area contributed by atoms with Gasteiger partial charge in [-0.25, -0.2) is 4.79 Å². The summed E-state index contributed by atoms with van der Waals surface area (Å²) in [4.78, 5) is 10.6. The molecule has 0 saturated carbocycles. The van der Waals surface area contributed by atoms with Crippen LogP contribution in [0.4, 0.5) is 5.69 Å². The van der Waals surface area contributed by atoms with Crippen molar-refractivity contribution in [1.29, 1.82) is 0 Å². The minimum absolute atomic E-state index is 0.322. The van der Waals surface area contributed by atoms with Crippen molar-refractivity contribution in [1.82, 2.24) is 0 Å². The van der Waals surface area contributed by atoms with Gasteiger partial charge in [0, 0.05) is 12.2 Å². The molecule has 16 heavy (non-hydrogen) atoms. The van der Waals surface area contributed by atoms with Crippen molar-refractivity contribution in [2.24, 2.45) is 5.92 Å². The number of carboxylic acids is 1. The van der Waals surface area contributed by atoms with E-state index in [1.807, 2.05) is 11.8 Å². The first-order chi connectivity index (χ1) is 7.63. The van der Waals surface area contributed by atoms with Crippen molar-refractivity contribution in [3.8, 4) is 0 Å². The number of hydrogen-bond donors (Lipinski definition) is 2. The van der Waals surface area contributed by atoms with Crippen molar-refractivity contribution in [2.45, 2.75) is 6.92 Å². The fraction of sp³-hybridized carbons (Fsp3) is 0.417. The van der Waals surface area contributed by atoms with Gasteiger partial charge >= 0.3 is 5.97 Å². The number of carboxylic acid groups (broad SMARTS) is 1. The number of anilines is 1. The zero-order chi connectivity index (χ0) is 12.0. The van der Waals surface area contributed by atoms with E-state index in [1.54, 1.807) is 24.3 Å². The molecule has 0 saturated heterocycles. The smallest absolute Gasteiger partial charge is 0.335 e. The Labute approximate surface area is 100 Å². The summed E-state index contributed by atoms with van der Waals surface area (Å²) in [6.45, 7) is 3.10. The second-order valence-corrected chi connectivity index (χ2v) is 4.73. The monoisotopic (exact) mass is 239 g/mol. The Morgan fingerprint density at radius 3 is 2.56 bits per heavy atom. The van der Waals surface area contributed by atoms with Gasteiger partial charge in [-0.15, -0.1) is 0 Å². The Bertz CT molecular complexity index is 337. The fourth-order valence-corrected chi connectivity index (χ4v) is 2.05. The maximum absolute atomic E-state index is 10.6. The van der Waals surface area contributed by atoms with Crippen LogP contribution in [0.25, 0.3) is 0 Å². The Balaban J connectivity index is 2.46. The summed E-state index contributed by atoms with van der Waals surface area (Å²) in [6.07, 6.45) is 2.10. The van der Waals surface area contributed by atoms with Crippen LogP contribution in [0.15, 0.2) is 24.3 Å². The largest absolute Gasteiger partial charge is 0.478 e. The zero-order valence-electron chi connectivity index (χ0n) is 9.56. The quantitative estimate of drug-likeness (QED) is 0.801. The lowest BCUT2D eigenvalue weighted by Gasteiger charge is -2.12. The molecule has 0 aromatic heterocycles. The van der Waals surface area contributed by atoms with Crippen LogP contribution in [-0.4, -0.2) is 29.6 Å². The summed E-state index contributed by atoms with van der Waals surface area (Å²) in [6, 6.07) is 6.83. The van der Waals surface area contributed by atoms with E-state index in [-0.39, 0.29) is 0 Å². The van der Waals surface area contributed by atoms with E-state index in [1.165, 1.54) is 0 Å². The Kier molecular flexibility index (Phi) is 5.19. The van der Waals surface area contributed by atoms with Crippen LogP contribution >= 0.6 is 11.8 Å². The fourth-order valence-electron chi connectivity index (χ4n) is 1.37. The highest BCUT2D eigenvalue weighted by atomic mass is 32.2. The third-order valence-corrected chi connectivity index (χ3v) is 3.14. The maximum Gasteiger partial charge on any atom is 0.335 e. The lowest BCUT2D eigenvalue weighted by molar-refractivity contribution is 0.0697. The average molecular weight is 239 g/mol. The summed E-state index contributed by atoms with van der Waals surface area (Å²) in [5, 5.41) is 12.0. The number of thioether (sulfide) groups is 1. The molecule has 1 unspecified atom stereocenters. The molecule has 0 fully saturated rings. The molecule has 88 valence electrons. The molecule has 0 heterocycles. The van der Waals surface area contributed by atoms with Crippen LogP contribution in [0, 0.1) is 5.92 Å². The van der Waals surface area contributed by atoms with E-state index in [2.05, 4.69) is 18.5 Å². The summed E-state index contributed by atoms with van der Waals surface area (Å²) >= 11 is 1.83. The number of nitrogens with one attached hydrogen (secondary N) is 1. The molecule has 1 rings (SSSR count). The SMILES string of the molecule is CSCC(C)CNc1ccc(C(=O)O)cc1. The Morgan fingerprint density at radius 2 is 2.06 bits per heavy atom. The summed E-state index contributed by atoms with van der Waals surface area (Å²) < 4.78 is 0. The molecule has 3 nitrogen and oxygen atoms in total.